The van der Waals surface area contributed by atoms with E-state index in [1.54, 1.807) is 19.2 Å². The number of benzene rings is 1. The molecule has 0 amide bonds. The Balaban J connectivity index is 1.90. The molecule has 0 saturated heterocycles. The smallest absolute Gasteiger partial charge is 0.163 e. The second kappa shape index (κ2) is 8.90. The predicted octanol–water partition coefficient (Wildman–Crippen LogP) is 3.14. The molecule has 1 atom stereocenters. The number of nitrogens with one attached hydrogen (secondary N) is 1. The van der Waals surface area contributed by atoms with E-state index < -0.39 is 6.10 Å². The standard InChI is InChI=1S/C21H27ClN4O2/c1-13-7-8-26(11-13)21-14(2)15(3)24-20(25-21)18-9-17(5-6-19(18)22)28-12-16(27)10-23-4/h5-7,9,16,23,27H,8,10-12H2,1-4H3. The zero-order chi connectivity index (χ0) is 20.3. The van der Waals surface area contributed by atoms with Gasteiger partial charge in [-0.15, -0.1) is 0 Å². The SMILES string of the molecule is CNCC(O)COc1ccc(Cl)c(-c2nc(C)c(C)c(N3CC=C(C)C3)n2)c1. The van der Waals surface area contributed by atoms with Crippen LogP contribution in [0.1, 0.15) is 18.2 Å². The summed E-state index contributed by atoms with van der Waals surface area (Å²) in [7, 11) is 1.79. The summed E-state index contributed by atoms with van der Waals surface area (Å²) in [5.41, 5.74) is 4.06. The molecular formula is C21H27ClN4O2. The monoisotopic (exact) mass is 402 g/mol. The summed E-state index contributed by atoms with van der Waals surface area (Å²) in [5.74, 6) is 2.13. The summed E-state index contributed by atoms with van der Waals surface area (Å²) in [4.78, 5) is 11.7. The van der Waals surface area contributed by atoms with E-state index in [2.05, 4.69) is 28.2 Å². The first-order valence-corrected chi connectivity index (χ1v) is 9.78. The largest absolute Gasteiger partial charge is 0.491 e. The van der Waals surface area contributed by atoms with E-state index in [-0.39, 0.29) is 6.61 Å². The highest BCUT2D eigenvalue weighted by Crippen LogP contribution is 2.32. The summed E-state index contributed by atoms with van der Waals surface area (Å²) in [6, 6.07) is 5.39. The number of likely N-dealkylation sites (N-methyl/N-ethyl adjacent to an activating group) is 1. The van der Waals surface area contributed by atoms with Crippen LogP contribution in [0.3, 0.4) is 0 Å². The molecule has 0 aliphatic carbocycles. The molecule has 6 nitrogen and oxygen atoms in total. The maximum Gasteiger partial charge on any atom is 0.163 e. The van der Waals surface area contributed by atoms with Crippen LogP contribution < -0.4 is 15.0 Å². The minimum atomic E-state index is -0.584. The van der Waals surface area contributed by atoms with Crippen molar-refractivity contribution in [2.75, 3.05) is 38.2 Å². The number of ether oxygens (including phenoxy) is 1. The average molecular weight is 403 g/mol. The molecule has 1 aliphatic rings. The summed E-state index contributed by atoms with van der Waals surface area (Å²) in [5, 5.41) is 13.3. The Morgan fingerprint density at radius 3 is 2.75 bits per heavy atom. The topological polar surface area (TPSA) is 70.5 Å². The zero-order valence-electron chi connectivity index (χ0n) is 16.8. The van der Waals surface area contributed by atoms with Gasteiger partial charge in [0.2, 0.25) is 0 Å². The van der Waals surface area contributed by atoms with E-state index in [1.807, 2.05) is 19.9 Å². The molecule has 150 valence electrons. The van der Waals surface area contributed by atoms with Gasteiger partial charge >= 0.3 is 0 Å². The van der Waals surface area contributed by atoms with Crippen molar-refractivity contribution < 1.29 is 9.84 Å². The van der Waals surface area contributed by atoms with Crippen molar-refractivity contribution in [1.82, 2.24) is 15.3 Å². The predicted molar refractivity (Wildman–Crippen MR) is 113 cm³/mol. The van der Waals surface area contributed by atoms with Gasteiger partial charge < -0.3 is 20.1 Å². The van der Waals surface area contributed by atoms with E-state index in [0.29, 0.717) is 23.1 Å². The molecule has 0 radical (unpaired) electrons. The maximum atomic E-state index is 9.85. The summed E-state index contributed by atoms with van der Waals surface area (Å²) in [6.45, 7) is 8.55. The lowest BCUT2D eigenvalue weighted by molar-refractivity contribution is 0.108. The van der Waals surface area contributed by atoms with Gasteiger partial charge in [-0.3, -0.25) is 0 Å². The second-order valence-electron chi connectivity index (χ2n) is 7.18. The molecular weight excluding hydrogens is 376 g/mol. The minimum absolute atomic E-state index is 0.194. The van der Waals surface area contributed by atoms with Crippen LogP contribution in [0, 0.1) is 13.8 Å². The summed E-state index contributed by atoms with van der Waals surface area (Å²) < 4.78 is 5.71. The molecule has 2 aromatic rings. The molecule has 2 heterocycles. The number of hydrogen-bond donors (Lipinski definition) is 2. The normalized spacial score (nSPS) is 14.9. The lowest BCUT2D eigenvalue weighted by atomic mass is 10.1. The number of rotatable bonds is 7. The van der Waals surface area contributed by atoms with Crippen LogP contribution >= 0.6 is 11.6 Å². The number of aliphatic hydroxyl groups is 1. The molecule has 1 unspecified atom stereocenters. The Kier molecular flexibility index (Phi) is 6.54. The van der Waals surface area contributed by atoms with Gasteiger partial charge in [-0.05, 0) is 46.0 Å². The van der Waals surface area contributed by atoms with Crippen LogP contribution in [0.25, 0.3) is 11.4 Å². The third kappa shape index (κ3) is 4.63. The second-order valence-corrected chi connectivity index (χ2v) is 7.58. The van der Waals surface area contributed by atoms with Crippen LogP contribution in [-0.2, 0) is 0 Å². The van der Waals surface area contributed by atoms with Crippen molar-refractivity contribution in [2.24, 2.45) is 0 Å². The number of aliphatic hydroxyl groups excluding tert-OH is 1. The molecule has 0 saturated carbocycles. The Morgan fingerprint density at radius 1 is 1.29 bits per heavy atom. The molecule has 28 heavy (non-hydrogen) atoms. The summed E-state index contributed by atoms with van der Waals surface area (Å²) >= 11 is 6.45. The minimum Gasteiger partial charge on any atom is -0.491 e. The van der Waals surface area contributed by atoms with E-state index in [1.165, 1.54) is 5.57 Å². The van der Waals surface area contributed by atoms with Gasteiger partial charge in [0.1, 0.15) is 24.3 Å². The molecule has 3 rings (SSSR count). The third-order valence-corrected chi connectivity index (χ3v) is 5.15. The van der Waals surface area contributed by atoms with Gasteiger partial charge in [0.25, 0.3) is 0 Å². The van der Waals surface area contributed by atoms with Crippen molar-refractivity contribution in [3.05, 3.63) is 46.1 Å². The van der Waals surface area contributed by atoms with Crippen molar-refractivity contribution in [2.45, 2.75) is 26.9 Å². The van der Waals surface area contributed by atoms with Crippen LogP contribution in [0.4, 0.5) is 5.82 Å². The zero-order valence-corrected chi connectivity index (χ0v) is 17.5. The van der Waals surface area contributed by atoms with Crippen LogP contribution in [0.15, 0.2) is 29.8 Å². The molecule has 0 spiro atoms. The lowest BCUT2D eigenvalue weighted by Crippen LogP contribution is -2.29. The van der Waals surface area contributed by atoms with Crippen molar-refractivity contribution in [3.63, 3.8) is 0 Å². The number of anilines is 1. The summed E-state index contributed by atoms with van der Waals surface area (Å²) in [6.07, 6.45) is 1.63. The van der Waals surface area contributed by atoms with Crippen molar-refractivity contribution in [1.29, 1.82) is 0 Å². The molecule has 2 N–H and O–H groups in total. The van der Waals surface area contributed by atoms with Gasteiger partial charge in [0.15, 0.2) is 5.82 Å². The number of aryl methyl sites for hydroxylation is 1. The highest BCUT2D eigenvalue weighted by molar-refractivity contribution is 6.33. The molecule has 1 aromatic heterocycles. The fourth-order valence-electron chi connectivity index (χ4n) is 3.15. The first-order valence-electron chi connectivity index (χ1n) is 9.40. The van der Waals surface area contributed by atoms with Gasteiger partial charge in [-0.25, -0.2) is 9.97 Å². The average Bonchev–Trinajstić information content (AvgIpc) is 3.09. The molecule has 0 bridgehead atoms. The number of nitrogens with zero attached hydrogens (tertiary/aromatic N) is 3. The van der Waals surface area contributed by atoms with E-state index in [4.69, 9.17) is 21.3 Å². The maximum absolute atomic E-state index is 9.85. The van der Waals surface area contributed by atoms with E-state index in [9.17, 15) is 5.11 Å². The van der Waals surface area contributed by atoms with Gasteiger partial charge in [-0.2, -0.15) is 0 Å². The number of halogens is 1. The van der Waals surface area contributed by atoms with Gasteiger partial charge in [0.05, 0.1) is 5.02 Å². The molecule has 1 aliphatic heterocycles. The Morgan fingerprint density at radius 2 is 2.07 bits per heavy atom. The quantitative estimate of drug-likeness (QED) is 0.693. The first-order chi connectivity index (χ1) is 13.4. The fourth-order valence-corrected chi connectivity index (χ4v) is 3.35. The van der Waals surface area contributed by atoms with Crippen molar-refractivity contribution >= 4 is 17.4 Å². The molecule has 7 heteroatoms. The highest BCUT2D eigenvalue weighted by Gasteiger charge is 2.20. The molecule has 1 aromatic carbocycles. The molecule has 0 fully saturated rings. The first kappa shape index (κ1) is 20.6. The highest BCUT2D eigenvalue weighted by atomic mass is 35.5. The van der Waals surface area contributed by atoms with Crippen LogP contribution in [0.5, 0.6) is 5.75 Å². The number of aromatic nitrogens is 2. The van der Waals surface area contributed by atoms with Gasteiger partial charge in [-0.1, -0.05) is 23.3 Å². The fraction of sp³-hybridized carbons (Fsp3) is 0.429. The number of hydrogen-bond acceptors (Lipinski definition) is 6. The Bertz CT molecular complexity index is 885. The van der Waals surface area contributed by atoms with E-state index in [0.717, 1.165) is 35.7 Å². The van der Waals surface area contributed by atoms with Crippen LogP contribution in [-0.4, -0.2) is 54.5 Å². The van der Waals surface area contributed by atoms with E-state index >= 15 is 0 Å². The van der Waals surface area contributed by atoms with Crippen LogP contribution in [0.2, 0.25) is 5.02 Å². The third-order valence-electron chi connectivity index (χ3n) is 4.82. The van der Waals surface area contributed by atoms with Crippen molar-refractivity contribution in [3.8, 4) is 17.1 Å². The Hall–Kier alpha value is -2.15. The van der Waals surface area contributed by atoms with Gasteiger partial charge in [0, 0.05) is 36.5 Å². The lowest BCUT2D eigenvalue weighted by Gasteiger charge is -2.21. The Labute approximate surface area is 171 Å².